The smallest absolute Gasteiger partial charge is 0.191 e. The zero-order valence-electron chi connectivity index (χ0n) is 15.8. The Bertz CT molecular complexity index is 892. The molecule has 3 nitrogen and oxygen atoms in total. The summed E-state index contributed by atoms with van der Waals surface area (Å²) in [5, 5.41) is 1.12. The van der Waals surface area contributed by atoms with E-state index in [1.807, 2.05) is 52.0 Å². The molecule has 0 radical (unpaired) electrons. The highest BCUT2D eigenvalue weighted by Gasteiger charge is 2.26. The van der Waals surface area contributed by atoms with Crippen molar-refractivity contribution in [3.63, 3.8) is 0 Å². The Kier molecular flexibility index (Phi) is 7.33. The zero-order chi connectivity index (χ0) is 20.4. The van der Waals surface area contributed by atoms with E-state index in [4.69, 9.17) is 40.2 Å². The fourth-order valence-electron chi connectivity index (χ4n) is 2.47. The molecule has 0 aliphatic heterocycles. The Balaban J connectivity index is 2.72. The van der Waals surface area contributed by atoms with Crippen LogP contribution in [-0.4, -0.2) is 27.7 Å². The van der Waals surface area contributed by atoms with Crippen LogP contribution in [0.2, 0.25) is 10.0 Å². The van der Waals surface area contributed by atoms with Crippen LogP contribution >= 0.6 is 35.4 Å². The Morgan fingerprint density at radius 3 is 2.48 bits per heavy atom. The molecule has 0 N–H and O–H groups in total. The first-order valence-corrected chi connectivity index (χ1v) is 10.5. The molecule has 144 valence electrons. The molecule has 7 heteroatoms. The number of rotatable bonds is 4. The fraction of sp³-hybridized carbons (Fsp3) is 0.300. The Labute approximate surface area is 179 Å². The van der Waals surface area contributed by atoms with Gasteiger partial charge in [-0.05, 0) is 68.7 Å². The summed E-state index contributed by atoms with van der Waals surface area (Å²) in [5.41, 5.74) is 4.04. The van der Waals surface area contributed by atoms with E-state index in [1.54, 1.807) is 6.07 Å². The van der Waals surface area contributed by atoms with Gasteiger partial charge in [0, 0.05) is 11.1 Å². The standard InChI is InChI=1S/C20H21Cl2NO2S2/c1-12-7-6-8-14(19(26)25-5)17(12)13-9-10-16(21)18(22)15(13)11-23-27(24)20(2,3)4/h6-11H,1-5H3/b23-11+. The minimum absolute atomic E-state index is 0.348. The maximum Gasteiger partial charge on any atom is 0.191 e. The number of aryl methyl sites for hydroxylation is 1. The molecule has 0 heterocycles. The van der Waals surface area contributed by atoms with Gasteiger partial charge in [0.1, 0.15) is 16.1 Å². The molecule has 2 aromatic rings. The molecule has 0 aliphatic rings. The molecule has 0 saturated carbocycles. The van der Waals surface area contributed by atoms with Gasteiger partial charge in [0.05, 0.1) is 23.4 Å². The van der Waals surface area contributed by atoms with Crippen LogP contribution < -0.4 is 0 Å². The number of thiocarbonyl (C=S) groups is 1. The highest BCUT2D eigenvalue weighted by Crippen LogP contribution is 2.37. The van der Waals surface area contributed by atoms with Gasteiger partial charge in [-0.3, -0.25) is 0 Å². The third-order valence-corrected chi connectivity index (χ3v) is 6.43. The summed E-state index contributed by atoms with van der Waals surface area (Å²) in [6.45, 7) is 7.56. The summed E-state index contributed by atoms with van der Waals surface area (Å²) in [5.74, 6) is 0. The monoisotopic (exact) mass is 441 g/mol. The zero-order valence-corrected chi connectivity index (χ0v) is 18.9. The lowest BCUT2D eigenvalue weighted by Crippen LogP contribution is -2.25. The van der Waals surface area contributed by atoms with Crippen LogP contribution in [0.25, 0.3) is 11.1 Å². The Morgan fingerprint density at radius 1 is 1.22 bits per heavy atom. The lowest BCUT2D eigenvalue weighted by atomic mass is 9.92. The number of nitrogens with zero attached hydrogens (tertiary/aromatic N) is 1. The lowest BCUT2D eigenvalue weighted by molar-refractivity contribution is 0.416. The number of ether oxygens (including phenoxy) is 1. The summed E-state index contributed by atoms with van der Waals surface area (Å²) in [6, 6.07) is 9.38. The Morgan fingerprint density at radius 2 is 1.89 bits per heavy atom. The molecule has 0 saturated heterocycles. The van der Waals surface area contributed by atoms with Crippen LogP contribution in [0.4, 0.5) is 0 Å². The van der Waals surface area contributed by atoms with Crippen molar-refractivity contribution < 1.29 is 9.29 Å². The van der Waals surface area contributed by atoms with E-state index in [-0.39, 0.29) is 0 Å². The number of benzene rings is 2. The number of hydrogen-bond donors (Lipinski definition) is 0. The van der Waals surface area contributed by atoms with Crippen molar-refractivity contribution in [2.75, 3.05) is 7.11 Å². The minimum atomic E-state index is -1.42. The maximum absolute atomic E-state index is 12.4. The van der Waals surface area contributed by atoms with Gasteiger partial charge in [0.15, 0.2) is 5.05 Å². The number of hydrogen-bond acceptors (Lipinski definition) is 4. The first-order chi connectivity index (χ1) is 12.6. The van der Waals surface area contributed by atoms with Gasteiger partial charge in [0.2, 0.25) is 0 Å². The molecule has 0 aromatic heterocycles. The quantitative estimate of drug-likeness (QED) is 0.323. The molecule has 0 aliphatic carbocycles. The third-order valence-electron chi connectivity index (χ3n) is 3.88. The van der Waals surface area contributed by atoms with Crippen molar-refractivity contribution in [3.8, 4) is 11.1 Å². The normalized spacial score (nSPS) is 13.0. The predicted octanol–water partition coefficient (Wildman–Crippen LogP) is 6.17. The van der Waals surface area contributed by atoms with Crippen LogP contribution in [0.15, 0.2) is 34.7 Å². The van der Waals surface area contributed by atoms with E-state index in [1.165, 1.54) is 13.3 Å². The van der Waals surface area contributed by atoms with E-state index in [2.05, 4.69) is 4.40 Å². The SMILES string of the molecule is COC(=S)c1cccc(C)c1-c1ccc(Cl)c(Cl)c1/C=N/[S+]([O-])C(C)(C)C. The van der Waals surface area contributed by atoms with Gasteiger partial charge in [-0.25, -0.2) is 0 Å². The molecule has 0 bridgehead atoms. The van der Waals surface area contributed by atoms with Crippen LogP contribution in [0, 0.1) is 6.92 Å². The summed E-state index contributed by atoms with van der Waals surface area (Å²) in [7, 11) is 1.54. The van der Waals surface area contributed by atoms with Gasteiger partial charge in [0.25, 0.3) is 0 Å². The van der Waals surface area contributed by atoms with Crippen LogP contribution in [0.5, 0.6) is 0 Å². The van der Waals surface area contributed by atoms with Crippen molar-refractivity contribution in [2.45, 2.75) is 32.4 Å². The van der Waals surface area contributed by atoms with Gasteiger partial charge in [-0.1, -0.05) is 45.8 Å². The highest BCUT2D eigenvalue weighted by molar-refractivity contribution is 7.91. The molecular formula is C20H21Cl2NO2S2. The second kappa shape index (κ2) is 8.93. The molecule has 2 rings (SSSR count). The third kappa shape index (κ3) is 5.04. The molecular weight excluding hydrogens is 421 g/mol. The van der Waals surface area contributed by atoms with Crippen LogP contribution in [0.1, 0.15) is 37.5 Å². The maximum atomic E-state index is 12.4. The van der Waals surface area contributed by atoms with Gasteiger partial charge >= 0.3 is 0 Å². The molecule has 1 atom stereocenters. The largest absolute Gasteiger partial charge is 0.591 e. The minimum Gasteiger partial charge on any atom is -0.591 e. The summed E-state index contributed by atoms with van der Waals surface area (Å²) >= 11 is 16.6. The average molecular weight is 442 g/mol. The first kappa shape index (κ1) is 22.2. The molecule has 27 heavy (non-hydrogen) atoms. The lowest BCUT2D eigenvalue weighted by Gasteiger charge is -2.19. The molecule has 0 amide bonds. The number of methoxy groups -OCH3 is 1. The molecule has 2 aromatic carbocycles. The second-order valence-electron chi connectivity index (χ2n) is 6.91. The first-order valence-electron chi connectivity index (χ1n) is 8.20. The Hall–Kier alpha value is -1.11. The van der Waals surface area contributed by atoms with Crippen molar-refractivity contribution >= 4 is 58.0 Å². The summed E-state index contributed by atoms with van der Waals surface area (Å²) in [6.07, 6.45) is 1.52. The van der Waals surface area contributed by atoms with Gasteiger partial charge in [-0.2, -0.15) is 0 Å². The van der Waals surface area contributed by atoms with Crippen molar-refractivity contribution in [1.29, 1.82) is 0 Å². The summed E-state index contributed by atoms with van der Waals surface area (Å²) < 4.78 is 21.4. The second-order valence-corrected chi connectivity index (χ2v) is 10.00. The fourth-order valence-corrected chi connectivity index (χ4v) is 3.54. The number of halogens is 2. The predicted molar refractivity (Wildman–Crippen MR) is 121 cm³/mol. The van der Waals surface area contributed by atoms with Crippen molar-refractivity contribution in [3.05, 3.63) is 57.1 Å². The molecule has 0 fully saturated rings. The average Bonchev–Trinajstić information content (AvgIpc) is 2.61. The van der Waals surface area contributed by atoms with Crippen LogP contribution in [0.3, 0.4) is 0 Å². The van der Waals surface area contributed by atoms with Gasteiger partial charge < -0.3 is 9.29 Å². The van der Waals surface area contributed by atoms with Crippen LogP contribution in [-0.2, 0) is 16.1 Å². The van der Waals surface area contributed by atoms with Crippen molar-refractivity contribution in [2.24, 2.45) is 4.40 Å². The molecule has 1 unspecified atom stereocenters. The topological polar surface area (TPSA) is 44.6 Å². The highest BCUT2D eigenvalue weighted by atomic mass is 35.5. The molecule has 0 spiro atoms. The van der Waals surface area contributed by atoms with E-state index < -0.39 is 16.1 Å². The van der Waals surface area contributed by atoms with E-state index >= 15 is 0 Å². The van der Waals surface area contributed by atoms with Gasteiger partial charge in [-0.15, -0.1) is 0 Å². The van der Waals surface area contributed by atoms with E-state index in [0.29, 0.717) is 20.7 Å². The summed E-state index contributed by atoms with van der Waals surface area (Å²) in [4.78, 5) is 0. The van der Waals surface area contributed by atoms with E-state index in [9.17, 15) is 4.55 Å². The van der Waals surface area contributed by atoms with E-state index in [0.717, 1.165) is 22.3 Å². The van der Waals surface area contributed by atoms with Crippen molar-refractivity contribution in [1.82, 2.24) is 0 Å².